The standard InChI is InChI=1S/C16H36N4O2/c1-8-16(18-22-14-10-12-20(5,6)7)15-17-21-13-9-11-19(2,3)4/h15H,8-14H2,1-7H3/q+2/b17-15+,18-16-. The van der Waals surface area contributed by atoms with Gasteiger partial charge >= 0.3 is 0 Å². The first-order chi connectivity index (χ1) is 10.1. The van der Waals surface area contributed by atoms with Crippen molar-refractivity contribution in [3.63, 3.8) is 0 Å². The highest BCUT2D eigenvalue weighted by Gasteiger charge is 2.06. The third-order valence-corrected chi connectivity index (χ3v) is 2.95. The molecule has 6 heteroatoms. The van der Waals surface area contributed by atoms with Crippen molar-refractivity contribution in [2.45, 2.75) is 26.2 Å². The summed E-state index contributed by atoms with van der Waals surface area (Å²) in [5.41, 5.74) is 0.803. The minimum atomic E-state index is 0.632. The van der Waals surface area contributed by atoms with Crippen molar-refractivity contribution >= 4 is 11.9 Å². The van der Waals surface area contributed by atoms with Gasteiger partial charge in [0.1, 0.15) is 18.9 Å². The van der Waals surface area contributed by atoms with Gasteiger partial charge in [-0.25, -0.2) is 0 Å². The SMILES string of the molecule is CCC(/C=N/OCCC[N+](C)(C)C)=N/OCCC[N+](C)(C)C. The predicted molar refractivity (Wildman–Crippen MR) is 93.2 cm³/mol. The minimum Gasteiger partial charge on any atom is -0.396 e. The molecule has 22 heavy (non-hydrogen) atoms. The predicted octanol–water partition coefficient (Wildman–Crippen LogP) is 1.96. The molecule has 0 atom stereocenters. The lowest BCUT2D eigenvalue weighted by Gasteiger charge is -2.23. The van der Waals surface area contributed by atoms with E-state index in [1.165, 1.54) is 0 Å². The monoisotopic (exact) mass is 316 g/mol. The van der Waals surface area contributed by atoms with Crippen molar-refractivity contribution in [1.82, 2.24) is 0 Å². The van der Waals surface area contributed by atoms with Gasteiger partial charge in [0.2, 0.25) is 0 Å². The normalized spacial score (nSPS) is 13.7. The topological polar surface area (TPSA) is 43.2 Å². The van der Waals surface area contributed by atoms with E-state index in [0.29, 0.717) is 13.2 Å². The second kappa shape index (κ2) is 10.6. The maximum absolute atomic E-state index is 5.33. The molecule has 0 rings (SSSR count). The molecule has 0 radical (unpaired) electrons. The summed E-state index contributed by atoms with van der Waals surface area (Å²) < 4.78 is 1.88. The fourth-order valence-corrected chi connectivity index (χ4v) is 1.67. The van der Waals surface area contributed by atoms with Crippen LogP contribution in [0.2, 0.25) is 0 Å². The van der Waals surface area contributed by atoms with Crippen molar-refractivity contribution in [3.8, 4) is 0 Å². The summed E-state index contributed by atoms with van der Waals surface area (Å²) >= 11 is 0. The quantitative estimate of drug-likeness (QED) is 0.239. The van der Waals surface area contributed by atoms with Gasteiger partial charge in [0, 0.05) is 12.8 Å². The Bertz CT molecular complexity index is 341. The molecule has 0 aromatic carbocycles. The maximum atomic E-state index is 5.33. The first-order valence-corrected chi connectivity index (χ1v) is 8.09. The smallest absolute Gasteiger partial charge is 0.122 e. The summed E-state index contributed by atoms with van der Waals surface area (Å²) in [6, 6.07) is 0. The van der Waals surface area contributed by atoms with Gasteiger partial charge in [-0.15, -0.1) is 0 Å². The first-order valence-electron chi connectivity index (χ1n) is 8.09. The molecule has 6 nitrogen and oxygen atoms in total. The fourth-order valence-electron chi connectivity index (χ4n) is 1.67. The third kappa shape index (κ3) is 15.3. The summed E-state index contributed by atoms with van der Waals surface area (Å²) in [5, 5.41) is 8.05. The Morgan fingerprint density at radius 1 is 0.864 bits per heavy atom. The molecular weight excluding hydrogens is 280 g/mol. The average molecular weight is 316 g/mol. The number of nitrogens with zero attached hydrogens (tertiary/aromatic N) is 4. The van der Waals surface area contributed by atoms with Gasteiger partial charge < -0.3 is 18.6 Å². The number of hydrogen-bond donors (Lipinski definition) is 0. The van der Waals surface area contributed by atoms with Crippen molar-refractivity contribution in [2.75, 3.05) is 68.6 Å². The van der Waals surface area contributed by atoms with Crippen molar-refractivity contribution in [3.05, 3.63) is 0 Å². The van der Waals surface area contributed by atoms with Gasteiger partial charge in [0.15, 0.2) is 0 Å². The minimum absolute atomic E-state index is 0.632. The summed E-state index contributed by atoms with van der Waals surface area (Å²) in [6.45, 7) is 5.43. The van der Waals surface area contributed by atoms with Crippen LogP contribution in [0.25, 0.3) is 0 Å². The molecule has 0 unspecified atom stereocenters. The van der Waals surface area contributed by atoms with E-state index in [1.54, 1.807) is 6.21 Å². The van der Waals surface area contributed by atoms with Gasteiger partial charge in [0.05, 0.1) is 61.6 Å². The van der Waals surface area contributed by atoms with E-state index in [-0.39, 0.29) is 0 Å². The number of oxime groups is 2. The highest BCUT2D eigenvalue weighted by Crippen LogP contribution is 1.96. The summed E-state index contributed by atoms with van der Waals surface area (Å²) in [6.07, 6.45) is 4.40. The molecule has 0 saturated heterocycles. The van der Waals surface area contributed by atoms with Gasteiger partial charge in [-0.05, 0) is 6.42 Å². The lowest BCUT2D eigenvalue weighted by molar-refractivity contribution is -0.870. The highest BCUT2D eigenvalue weighted by molar-refractivity contribution is 6.30. The van der Waals surface area contributed by atoms with Crippen molar-refractivity contribution < 1.29 is 18.6 Å². The maximum Gasteiger partial charge on any atom is 0.122 e. The number of rotatable bonds is 12. The molecule has 0 saturated carbocycles. The Balaban J connectivity index is 3.85. The molecule has 0 spiro atoms. The number of hydrogen-bond acceptors (Lipinski definition) is 4. The van der Waals surface area contributed by atoms with Gasteiger partial charge in [-0.3, -0.25) is 0 Å². The van der Waals surface area contributed by atoms with E-state index in [2.05, 4.69) is 52.6 Å². The van der Waals surface area contributed by atoms with Crippen LogP contribution in [0.4, 0.5) is 0 Å². The molecular formula is C16H36N4O2+2. The Labute approximate surface area is 136 Å². The van der Waals surface area contributed by atoms with Crippen LogP contribution in [0.1, 0.15) is 26.2 Å². The molecule has 0 bridgehead atoms. The zero-order valence-electron chi connectivity index (χ0n) is 15.6. The van der Waals surface area contributed by atoms with Gasteiger partial charge in [0.25, 0.3) is 0 Å². The van der Waals surface area contributed by atoms with Gasteiger partial charge in [-0.2, -0.15) is 0 Å². The first kappa shape index (κ1) is 20.9. The summed E-state index contributed by atoms with van der Waals surface area (Å²) in [4.78, 5) is 10.6. The highest BCUT2D eigenvalue weighted by atomic mass is 16.6. The van der Waals surface area contributed by atoms with Crippen molar-refractivity contribution in [2.24, 2.45) is 10.3 Å². The van der Waals surface area contributed by atoms with Gasteiger partial charge in [-0.1, -0.05) is 17.2 Å². The lowest BCUT2D eigenvalue weighted by Crippen LogP contribution is -2.35. The van der Waals surface area contributed by atoms with E-state index in [0.717, 1.165) is 47.0 Å². The molecule has 0 fully saturated rings. The van der Waals surface area contributed by atoms with Crippen LogP contribution in [-0.4, -0.2) is 89.5 Å². The van der Waals surface area contributed by atoms with Crippen LogP contribution >= 0.6 is 0 Å². The average Bonchev–Trinajstić information content (AvgIpc) is 2.37. The summed E-state index contributed by atoms with van der Waals surface area (Å²) in [5.74, 6) is 0. The molecule has 0 amide bonds. The Kier molecular flexibility index (Phi) is 10.0. The molecule has 0 aromatic rings. The van der Waals surface area contributed by atoms with Crippen LogP contribution in [0.5, 0.6) is 0 Å². The zero-order chi connectivity index (χ0) is 17.1. The molecule has 0 N–H and O–H groups in total. The van der Waals surface area contributed by atoms with E-state index in [9.17, 15) is 0 Å². The van der Waals surface area contributed by atoms with Crippen LogP contribution in [0, 0.1) is 0 Å². The van der Waals surface area contributed by atoms with Crippen LogP contribution < -0.4 is 0 Å². The molecule has 0 heterocycles. The summed E-state index contributed by atoms with van der Waals surface area (Å²) in [7, 11) is 13.0. The zero-order valence-corrected chi connectivity index (χ0v) is 15.6. The number of quaternary nitrogens is 2. The molecule has 130 valence electrons. The van der Waals surface area contributed by atoms with Crippen LogP contribution in [-0.2, 0) is 9.68 Å². The Morgan fingerprint density at radius 3 is 1.82 bits per heavy atom. The van der Waals surface area contributed by atoms with Crippen LogP contribution in [0.15, 0.2) is 10.3 Å². The third-order valence-electron chi connectivity index (χ3n) is 2.95. The second-order valence-electron chi connectivity index (χ2n) is 7.57. The van der Waals surface area contributed by atoms with E-state index in [1.807, 2.05) is 6.92 Å². The van der Waals surface area contributed by atoms with E-state index in [4.69, 9.17) is 9.68 Å². The van der Waals surface area contributed by atoms with Crippen molar-refractivity contribution in [1.29, 1.82) is 0 Å². The Morgan fingerprint density at radius 2 is 1.36 bits per heavy atom. The lowest BCUT2D eigenvalue weighted by atomic mass is 10.3. The van der Waals surface area contributed by atoms with E-state index >= 15 is 0 Å². The molecule has 0 aliphatic rings. The molecule has 0 aliphatic heterocycles. The molecule has 0 aromatic heterocycles. The Hall–Kier alpha value is -1.14. The van der Waals surface area contributed by atoms with Crippen LogP contribution in [0.3, 0.4) is 0 Å². The molecule has 0 aliphatic carbocycles. The second-order valence-corrected chi connectivity index (χ2v) is 7.57. The fraction of sp³-hybridized carbons (Fsp3) is 0.875. The van der Waals surface area contributed by atoms with E-state index < -0.39 is 0 Å². The largest absolute Gasteiger partial charge is 0.396 e.